The number of nitrogens with zero attached hydrogens (tertiary/aromatic N) is 5. The van der Waals surface area contributed by atoms with E-state index in [0.717, 1.165) is 63.9 Å². The van der Waals surface area contributed by atoms with E-state index in [1.54, 1.807) is 0 Å². The van der Waals surface area contributed by atoms with Gasteiger partial charge in [-0.15, -0.1) is 5.10 Å². The van der Waals surface area contributed by atoms with Crippen LogP contribution in [0, 0.1) is 0 Å². The number of unbranched alkanes of at least 4 members (excludes halogenated alkanes) is 1. The van der Waals surface area contributed by atoms with Crippen molar-refractivity contribution in [1.82, 2.24) is 30.2 Å². The minimum Gasteiger partial charge on any atom is -0.369 e. The van der Waals surface area contributed by atoms with E-state index in [4.69, 9.17) is 10.9 Å². The summed E-state index contributed by atoms with van der Waals surface area (Å²) >= 11 is 0. The summed E-state index contributed by atoms with van der Waals surface area (Å²) in [5, 5.41) is 13.7. The number of nitrogens with one attached hydrogen (secondary N) is 1. The van der Waals surface area contributed by atoms with E-state index >= 15 is 0 Å². The van der Waals surface area contributed by atoms with Crippen LogP contribution in [0.3, 0.4) is 0 Å². The molecule has 242 valence electrons. The van der Waals surface area contributed by atoms with Gasteiger partial charge in [0.05, 0.1) is 5.69 Å². The minimum absolute atomic E-state index is 0.157. The molecular formula is C41H37N7O. The third-order valence-electron chi connectivity index (χ3n) is 9.06. The van der Waals surface area contributed by atoms with Crippen molar-refractivity contribution < 1.29 is 0 Å². The van der Waals surface area contributed by atoms with Crippen molar-refractivity contribution >= 4 is 5.95 Å². The molecule has 0 saturated heterocycles. The minimum atomic E-state index is -0.866. The van der Waals surface area contributed by atoms with E-state index in [2.05, 4.69) is 136 Å². The average Bonchev–Trinajstić information content (AvgIpc) is 3.64. The maximum absolute atomic E-state index is 12.9. The van der Waals surface area contributed by atoms with Crippen LogP contribution in [0.5, 0.6) is 0 Å². The van der Waals surface area contributed by atoms with Gasteiger partial charge >= 0.3 is 0 Å². The fourth-order valence-corrected chi connectivity index (χ4v) is 6.72. The predicted molar refractivity (Wildman–Crippen MR) is 194 cm³/mol. The van der Waals surface area contributed by atoms with E-state index in [1.807, 2.05) is 35.0 Å². The number of rotatable bonds is 11. The monoisotopic (exact) mass is 643 g/mol. The van der Waals surface area contributed by atoms with Crippen molar-refractivity contribution in [3.05, 3.63) is 183 Å². The van der Waals surface area contributed by atoms with Crippen molar-refractivity contribution in [2.75, 3.05) is 5.73 Å². The molecule has 8 nitrogen and oxygen atoms in total. The van der Waals surface area contributed by atoms with Crippen LogP contribution in [0.25, 0.3) is 22.5 Å². The van der Waals surface area contributed by atoms with Gasteiger partial charge in [0, 0.05) is 17.5 Å². The molecule has 0 unspecified atom stereocenters. The van der Waals surface area contributed by atoms with Gasteiger partial charge in [-0.1, -0.05) is 153 Å². The molecule has 0 spiro atoms. The standard InChI is InChI=1S/C41H37N7O/c1-2-3-23-37-36(39(49)44-40(42)43-37)28-29-24-26-30(27-25-29)34-21-13-14-22-35(34)38-45-46-47-48(38)41(31-15-7-4-8-16-31,32-17-9-5-10-18-32)33-19-11-6-12-20-33/h4-22,24-27H,2-3,23,28H2,1H3,(H3,42,43,44,49). The molecule has 8 heteroatoms. The highest BCUT2D eigenvalue weighted by Crippen LogP contribution is 2.43. The van der Waals surface area contributed by atoms with Gasteiger partial charge in [-0.2, -0.15) is 0 Å². The van der Waals surface area contributed by atoms with Gasteiger partial charge in [-0.3, -0.25) is 9.78 Å². The number of hydrogen-bond donors (Lipinski definition) is 2. The topological polar surface area (TPSA) is 115 Å². The zero-order chi connectivity index (χ0) is 33.6. The first-order valence-corrected chi connectivity index (χ1v) is 16.6. The Morgan fingerprint density at radius 2 is 1.27 bits per heavy atom. The highest BCUT2D eigenvalue weighted by atomic mass is 16.1. The summed E-state index contributed by atoms with van der Waals surface area (Å²) in [5.74, 6) is 0.793. The molecule has 2 heterocycles. The van der Waals surface area contributed by atoms with Crippen LogP contribution in [0.1, 0.15) is 53.3 Å². The fourth-order valence-electron chi connectivity index (χ4n) is 6.72. The van der Waals surface area contributed by atoms with Crippen LogP contribution in [-0.2, 0) is 18.4 Å². The largest absolute Gasteiger partial charge is 0.369 e. The van der Waals surface area contributed by atoms with Crippen LogP contribution in [0.15, 0.2) is 144 Å². The van der Waals surface area contributed by atoms with Gasteiger partial charge in [0.15, 0.2) is 5.82 Å². The lowest BCUT2D eigenvalue weighted by molar-refractivity contribution is 0.451. The Morgan fingerprint density at radius 3 is 1.84 bits per heavy atom. The molecule has 7 aromatic rings. The van der Waals surface area contributed by atoms with Gasteiger partial charge in [0.1, 0.15) is 5.54 Å². The third-order valence-corrected chi connectivity index (χ3v) is 9.06. The molecule has 0 bridgehead atoms. The average molecular weight is 644 g/mol. The molecule has 0 aliphatic heterocycles. The number of anilines is 1. The van der Waals surface area contributed by atoms with Gasteiger partial charge in [0.25, 0.3) is 5.56 Å². The smallest absolute Gasteiger partial charge is 0.256 e. The molecule has 0 amide bonds. The molecule has 49 heavy (non-hydrogen) atoms. The molecular weight excluding hydrogens is 606 g/mol. The quantitative estimate of drug-likeness (QED) is 0.142. The second-order valence-corrected chi connectivity index (χ2v) is 12.1. The number of tetrazole rings is 1. The fraction of sp³-hybridized carbons (Fsp3) is 0.146. The summed E-state index contributed by atoms with van der Waals surface area (Å²) in [5.41, 5.74) is 13.3. The lowest BCUT2D eigenvalue weighted by Crippen LogP contribution is -2.39. The molecule has 3 N–H and O–H groups in total. The van der Waals surface area contributed by atoms with Crippen molar-refractivity contribution in [2.45, 2.75) is 38.1 Å². The first-order valence-electron chi connectivity index (χ1n) is 16.6. The van der Waals surface area contributed by atoms with E-state index in [9.17, 15) is 4.79 Å². The molecule has 7 rings (SSSR count). The predicted octanol–water partition coefficient (Wildman–Crippen LogP) is 7.45. The maximum atomic E-state index is 12.9. The first-order chi connectivity index (χ1) is 24.1. The van der Waals surface area contributed by atoms with E-state index < -0.39 is 5.54 Å². The van der Waals surface area contributed by atoms with Gasteiger partial charge in [-0.25, -0.2) is 9.67 Å². The number of aromatic amines is 1. The zero-order valence-electron chi connectivity index (χ0n) is 27.3. The van der Waals surface area contributed by atoms with Crippen LogP contribution >= 0.6 is 0 Å². The zero-order valence-corrected chi connectivity index (χ0v) is 27.3. The number of nitrogens with two attached hydrogens (primary N) is 1. The second kappa shape index (κ2) is 13.9. The van der Waals surface area contributed by atoms with Crippen molar-refractivity contribution in [3.63, 3.8) is 0 Å². The Bertz CT molecular complexity index is 2110. The molecule has 5 aromatic carbocycles. The number of aryl methyl sites for hydroxylation is 1. The number of hydrogen-bond acceptors (Lipinski definition) is 6. The lowest BCUT2D eigenvalue weighted by Gasteiger charge is -2.36. The number of H-pyrrole nitrogens is 1. The van der Waals surface area contributed by atoms with Gasteiger partial charge < -0.3 is 5.73 Å². The number of nitrogen functional groups attached to an aromatic ring is 1. The number of aromatic nitrogens is 6. The van der Waals surface area contributed by atoms with Gasteiger partial charge in [0.2, 0.25) is 5.95 Å². The summed E-state index contributed by atoms with van der Waals surface area (Å²) in [6.07, 6.45) is 3.14. The van der Waals surface area contributed by atoms with E-state index in [-0.39, 0.29) is 11.5 Å². The van der Waals surface area contributed by atoms with E-state index in [1.165, 1.54) is 0 Å². The summed E-state index contributed by atoms with van der Waals surface area (Å²) in [6, 6.07) is 47.7. The maximum Gasteiger partial charge on any atom is 0.256 e. The highest BCUT2D eigenvalue weighted by molar-refractivity contribution is 5.81. The molecule has 0 radical (unpaired) electrons. The molecule has 0 saturated carbocycles. The Balaban J connectivity index is 1.34. The van der Waals surface area contributed by atoms with Crippen molar-refractivity contribution in [3.8, 4) is 22.5 Å². The molecule has 2 aromatic heterocycles. The third kappa shape index (κ3) is 6.05. The Kier molecular flexibility index (Phi) is 8.93. The summed E-state index contributed by atoms with van der Waals surface area (Å²) in [4.78, 5) is 20.1. The summed E-state index contributed by atoms with van der Waals surface area (Å²) in [6.45, 7) is 2.12. The Morgan fingerprint density at radius 1 is 0.714 bits per heavy atom. The first kappa shape index (κ1) is 31.4. The number of benzene rings is 5. The Hall–Kier alpha value is -6.15. The SMILES string of the molecule is CCCCc1nc(N)[nH]c(=O)c1Cc1ccc(-c2ccccc2-c2nnnn2C(c2ccccc2)(c2ccccc2)c2ccccc2)cc1. The molecule has 0 fully saturated rings. The lowest BCUT2D eigenvalue weighted by atomic mass is 9.77. The Labute approximate surface area is 285 Å². The highest BCUT2D eigenvalue weighted by Gasteiger charge is 2.42. The summed E-state index contributed by atoms with van der Waals surface area (Å²) < 4.78 is 1.96. The van der Waals surface area contributed by atoms with Crippen LogP contribution < -0.4 is 11.3 Å². The molecule has 0 aliphatic carbocycles. The molecule has 0 atom stereocenters. The van der Waals surface area contributed by atoms with Crippen LogP contribution in [0.2, 0.25) is 0 Å². The van der Waals surface area contributed by atoms with Crippen LogP contribution in [0.4, 0.5) is 5.95 Å². The van der Waals surface area contributed by atoms with Gasteiger partial charge in [-0.05, 0) is 56.6 Å². The van der Waals surface area contributed by atoms with E-state index in [0.29, 0.717) is 17.8 Å². The van der Waals surface area contributed by atoms with Crippen molar-refractivity contribution in [2.24, 2.45) is 0 Å². The van der Waals surface area contributed by atoms with Crippen LogP contribution in [-0.4, -0.2) is 30.2 Å². The normalized spacial score (nSPS) is 11.4. The van der Waals surface area contributed by atoms with Crippen molar-refractivity contribution in [1.29, 1.82) is 0 Å². The molecule has 0 aliphatic rings. The second-order valence-electron chi connectivity index (χ2n) is 12.1. The summed E-state index contributed by atoms with van der Waals surface area (Å²) in [7, 11) is 0.